The average molecular weight is 504 g/mol. The maximum absolute atomic E-state index is 13.5. The Labute approximate surface area is 197 Å². The molecule has 1 aromatic heterocycles. The molecule has 5 rings (SSSR count). The van der Waals surface area contributed by atoms with E-state index in [-0.39, 0.29) is 17.3 Å². The lowest BCUT2D eigenvalue weighted by Crippen LogP contribution is -2.24. The van der Waals surface area contributed by atoms with Gasteiger partial charge in [0.05, 0.1) is 17.3 Å². The molecule has 0 bridgehead atoms. The molecule has 1 atom stereocenters. The summed E-state index contributed by atoms with van der Waals surface area (Å²) in [6.45, 7) is 1.43. The molecule has 0 saturated carbocycles. The Kier molecular flexibility index (Phi) is 5.42. The second-order valence-corrected chi connectivity index (χ2v) is 8.86. The fourth-order valence-corrected chi connectivity index (χ4v) is 4.70. The number of rotatable bonds is 3. The fourth-order valence-electron chi connectivity index (χ4n) is 4.34. The number of H-pyrrole nitrogens is 1. The van der Waals surface area contributed by atoms with Gasteiger partial charge in [0.1, 0.15) is 5.82 Å². The lowest BCUT2D eigenvalue weighted by molar-refractivity contribution is -0.130. The first-order valence-electron chi connectivity index (χ1n) is 10.5. The number of hydrogen-bond donors (Lipinski definition) is 1. The van der Waals surface area contributed by atoms with Crippen LogP contribution in [0.25, 0.3) is 22.0 Å². The first-order chi connectivity index (χ1) is 15.9. The quantitative estimate of drug-likeness (QED) is 0.384. The molecule has 2 heterocycles. The normalized spacial score (nSPS) is 15.7. The van der Waals surface area contributed by atoms with Crippen LogP contribution in [0.1, 0.15) is 30.5 Å². The smallest absolute Gasteiger partial charge is 0.258 e. The Hall–Kier alpha value is -3.58. The van der Waals surface area contributed by atoms with Gasteiger partial charge in [0.25, 0.3) is 5.56 Å². The Morgan fingerprint density at radius 3 is 2.48 bits per heavy atom. The van der Waals surface area contributed by atoms with Gasteiger partial charge in [0.2, 0.25) is 5.91 Å². The maximum atomic E-state index is 13.5. The van der Waals surface area contributed by atoms with Gasteiger partial charge in [-0.3, -0.25) is 9.59 Å². The largest absolute Gasteiger partial charge is 0.321 e. The highest BCUT2D eigenvalue weighted by Gasteiger charge is 2.34. The molecule has 0 spiro atoms. The summed E-state index contributed by atoms with van der Waals surface area (Å²) in [5, 5.41) is 6.83. The minimum absolute atomic E-state index is 0.249. The highest BCUT2D eigenvalue weighted by Crippen LogP contribution is 2.37. The minimum atomic E-state index is -0.417. The summed E-state index contributed by atoms with van der Waals surface area (Å²) >= 11 is 3.53. The summed E-state index contributed by atoms with van der Waals surface area (Å²) in [5.74, 6) is -0.601. The summed E-state index contributed by atoms with van der Waals surface area (Å²) in [5.41, 5.74) is 3.78. The van der Waals surface area contributed by atoms with E-state index in [1.165, 1.54) is 24.1 Å². The van der Waals surface area contributed by atoms with E-state index < -0.39 is 6.04 Å². The van der Waals surface area contributed by atoms with Crippen LogP contribution < -0.4 is 5.56 Å². The van der Waals surface area contributed by atoms with Gasteiger partial charge in [0, 0.05) is 34.3 Å². The molecule has 33 heavy (non-hydrogen) atoms. The van der Waals surface area contributed by atoms with Gasteiger partial charge in [0.15, 0.2) is 0 Å². The van der Waals surface area contributed by atoms with Crippen LogP contribution >= 0.6 is 15.9 Å². The molecule has 164 valence electrons. The standard InChI is InChI=1S/C26H19BrFN3O2/c1-15(32)31-23(16-7-10-19(28)11-8-16)14-22(30-31)25-24(17-5-3-2-4-6-17)20-13-18(27)9-12-21(20)29-26(25)33/h2-13,23H,14H2,1H3,(H,29,33). The second-order valence-electron chi connectivity index (χ2n) is 7.94. The van der Waals surface area contributed by atoms with Crippen LogP contribution in [0.4, 0.5) is 4.39 Å². The van der Waals surface area contributed by atoms with Crippen LogP contribution in [0.5, 0.6) is 0 Å². The number of hydrogen-bond acceptors (Lipinski definition) is 3. The van der Waals surface area contributed by atoms with Gasteiger partial charge >= 0.3 is 0 Å². The van der Waals surface area contributed by atoms with Crippen LogP contribution in [0, 0.1) is 5.82 Å². The Morgan fingerprint density at radius 1 is 1.06 bits per heavy atom. The third-order valence-electron chi connectivity index (χ3n) is 5.82. The van der Waals surface area contributed by atoms with Crippen LogP contribution in [-0.4, -0.2) is 21.6 Å². The van der Waals surface area contributed by atoms with Crippen molar-refractivity contribution in [2.24, 2.45) is 5.10 Å². The monoisotopic (exact) mass is 503 g/mol. The molecule has 0 fully saturated rings. The molecule has 1 unspecified atom stereocenters. The van der Waals surface area contributed by atoms with E-state index >= 15 is 0 Å². The van der Waals surface area contributed by atoms with E-state index in [1.807, 2.05) is 48.5 Å². The van der Waals surface area contributed by atoms with Gasteiger partial charge in [-0.1, -0.05) is 58.4 Å². The molecule has 0 radical (unpaired) electrons. The van der Waals surface area contributed by atoms with Crippen molar-refractivity contribution in [3.8, 4) is 11.1 Å². The number of pyridine rings is 1. The molecular weight excluding hydrogens is 485 g/mol. The minimum Gasteiger partial charge on any atom is -0.321 e. The molecule has 1 N–H and O–H groups in total. The predicted molar refractivity (Wildman–Crippen MR) is 131 cm³/mol. The zero-order valence-corrected chi connectivity index (χ0v) is 19.3. The topological polar surface area (TPSA) is 65.5 Å². The molecule has 1 aliphatic heterocycles. The first kappa shape index (κ1) is 21.3. The Balaban J connectivity index is 1.74. The molecule has 5 nitrogen and oxygen atoms in total. The molecule has 3 aromatic carbocycles. The molecule has 1 aliphatic rings. The number of nitrogens with zero attached hydrogens (tertiary/aromatic N) is 2. The molecule has 0 aliphatic carbocycles. The molecule has 4 aromatic rings. The van der Waals surface area contributed by atoms with Crippen molar-refractivity contribution in [2.45, 2.75) is 19.4 Å². The molecular formula is C26H19BrFN3O2. The lowest BCUT2D eigenvalue weighted by Gasteiger charge is -2.20. The van der Waals surface area contributed by atoms with Crippen molar-refractivity contribution >= 4 is 38.5 Å². The first-order valence-corrected chi connectivity index (χ1v) is 11.3. The van der Waals surface area contributed by atoms with E-state index in [0.29, 0.717) is 23.2 Å². The number of carbonyl (C=O) groups is 1. The second kappa shape index (κ2) is 8.41. The third-order valence-corrected chi connectivity index (χ3v) is 6.31. The predicted octanol–water partition coefficient (Wildman–Crippen LogP) is 5.79. The van der Waals surface area contributed by atoms with E-state index in [0.717, 1.165) is 26.5 Å². The third kappa shape index (κ3) is 3.89. The van der Waals surface area contributed by atoms with Crippen LogP contribution in [0.2, 0.25) is 0 Å². The van der Waals surface area contributed by atoms with Crippen molar-refractivity contribution < 1.29 is 9.18 Å². The summed E-state index contributed by atoms with van der Waals surface area (Å²) < 4.78 is 14.4. The fraction of sp³-hybridized carbons (Fsp3) is 0.115. The van der Waals surface area contributed by atoms with Crippen LogP contribution in [0.3, 0.4) is 0 Å². The number of aromatic amines is 1. The molecule has 0 saturated heterocycles. The Bertz CT molecular complexity index is 1460. The number of hydrazone groups is 1. The average Bonchev–Trinajstić information content (AvgIpc) is 3.25. The number of benzene rings is 3. The van der Waals surface area contributed by atoms with Crippen LogP contribution in [-0.2, 0) is 4.79 Å². The Morgan fingerprint density at radius 2 is 1.79 bits per heavy atom. The summed E-state index contributed by atoms with van der Waals surface area (Å²) in [6, 6.07) is 21.0. The van der Waals surface area contributed by atoms with E-state index in [4.69, 9.17) is 0 Å². The van der Waals surface area contributed by atoms with Gasteiger partial charge in [-0.05, 0) is 41.5 Å². The lowest BCUT2D eigenvalue weighted by atomic mass is 9.91. The van der Waals surface area contributed by atoms with Crippen molar-refractivity contribution in [2.75, 3.05) is 0 Å². The number of halogens is 2. The summed E-state index contributed by atoms with van der Waals surface area (Å²) in [7, 11) is 0. The van der Waals surface area contributed by atoms with Gasteiger partial charge in [-0.25, -0.2) is 9.40 Å². The highest BCUT2D eigenvalue weighted by atomic mass is 79.9. The zero-order valence-electron chi connectivity index (χ0n) is 17.7. The molecule has 7 heteroatoms. The van der Waals surface area contributed by atoms with E-state index in [2.05, 4.69) is 26.0 Å². The SMILES string of the molecule is CC(=O)N1N=C(c2c(-c3ccccc3)c3cc(Br)ccc3[nH]c2=O)CC1c1ccc(F)cc1. The van der Waals surface area contributed by atoms with Gasteiger partial charge in [-0.15, -0.1) is 0 Å². The van der Waals surface area contributed by atoms with Crippen molar-refractivity contribution in [3.63, 3.8) is 0 Å². The van der Waals surface area contributed by atoms with Crippen molar-refractivity contribution in [1.29, 1.82) is 0 Å². The summed E-state index contributed by atoms with van der Waals surface area (Å²) in [4.78, 5) is 28.8. The summed E-state index contributed by atoms with van der Waals surface area (Å²) in [6.07, 6.45) is 0.341. The van der Waals surface area contributed by atoms with Crippen molar-refractivity contribution in [3.05, 3.63) is 105 Å². The number of carbonyl (C=O) groups excluding carboxylic acids is 1. The van der Waals surface area contributed by atoms with Gasteiger partial charge in [-0.2, -0.15) is 5.10 Å². The van der Waals surface area contributed by atoms with E-state index in [9.17, 15) is 14.0 Å². The zero-order chi connectivity index (χ0) is 23.1. The number of aromatic nitrogens is 1. The number of nitrogens with one attached hydrogen (secondary N) is 1. The maximum Gasteiger partial charge on any atom is 0.258 e. The van der Waals surface area contributed by atoms with Crippen molar-refractivity contribution in [1.82, 2.24) is 9.99 Å². The highest BCUT2D eigenvalue weighted by molar-refractivity contribution is 9.10. The molecule has 1 amide bonds. The number of fused-ring (bicyclic) bond motifs is 1. The van der Waals surface area contributed by atoms with Gasteiger partial charge < -0.3 is 4.98 Å². The van der Waals surface area contributed by atoms with Crippen LogP contribution in [0.15, 0.2) is 87.2 Å². The number of amides is 1. The van der Waals surface area contributed by atoms with E-state index in [1.54, 1.807) is 12.1 Å².